The largest absolute Gasteiger partial charge is 0.464 e. The van der Waals surface area contributed by atoms with Gasteiger partial charge in [0.25, 0.3) is 0 Å². The first-order chi connectivity index (χ1) is 13.6. The number of carbonyl (C=O) groups is 2. The van der Waals surface area contributed by atoms with Crippen molar-refractivity contribution in [3.05, 3.63) is 47.5 Å². The topological polar surface area (TPSA) is 136 Å². The van der Waals surface area contributed by atoms with Gasteiger partial charge in [0.1, 0.15) is 5.69 Å². The fourth-order valence-corrected chi connectivity index (χ4v) is 2.15. The Morgan fingerprint density at radius 1 is 1.29 bits per heavy atom. The smallest absolute Gasteiger partial charge is 0.413 e. The zero-order valence-electron chi connectivity index (χ0n) is 15.5. The molecule has 11 nitrogen and oxygen atoms in total. The van der Waals surface area contributed by atoms with E-state index in [2.05, 4.69) is 39.8 Å². The molecule has 0 unspecified atom stereocenters. The third-order valence-electron chi connectivity index (χ3n) is 3.37. The summed E-state index contributed by atoms with van der Waals surface area (Å²) in [6.07, 6.45) is 5.49. The maximum atomic E-state index is 12.1. The van der Waals surface area contributed by atoms with Gasteiger partial charge in [-0.1, -0.05) is 6.07 Å². The molecule has 0 aliphatic carbocycles. The molecular formula is C17H19N5O6. The van der Waals surface area contributed by atoms with Gasteiger partial charge in [0.2, 0.25) is 12.4 Å². The van der Waals surface area contributed by atoms with Crippen molar-refractivity contribution in [2.45, 2.75) is 6.42 Å². The Kier molecular flexibility index (Phi) is 7.66. The number of hydrogen-bond acceptors (Lipinski definition) is 8. The molecule has 0 aromatic carbocycles. The van der Waals surface area contributed by atoms with Gasteiger partial charge in [0, 0.05) is 30.6 Å². The number of nitrogens with one attached hydrogen (secondary N) is 2. The summed E-state index contributed by atoms with van der Waals surface area (Å²) in [6, 6.07) is 3.67. The molecule has 148 valence electrons. The summed E-state index contributed by atoms with van der Waals surface area (Å²) in [5, 5.41) is 2.32. The highest BCUT2D eigenvalue weighted by Gasteiger charge is 2.19. The zero-order valence-corrected chi connectivity index (χ0v) is 15.5. The van der Waals surface area contributed by atoms with Gasteiger partial charge in [-0.2, -0.15) is 9.88 Å². The summed E-state index contributed by atoms with van der Waals surface area (Å²) in [5.74, 6) is -0.827. The number of amides is 1. The minimum atomic E-state index is -0.808. The number of methoxy groups -OCH3 is 2. The Bertz CT molecular complexity index is 862. The normalized spacial score (nSPS) is 11.3. The van der Waals surface area contributed by atoms with E-state index < -0.39 is 12.1 Å². The predicted octanol–water partition coefficient (Wildman–Crippen LogP) is 1.74. The molecule has 11 heteroatoms. The maximum absolute atomic E-state index is 12.1. The van der Waals surface area contributed by atoms with Crippen molar-refractivity contribution >= 4 is 30.1 Å². The number of guanidine groups is 1. The molecule has 1 amide bonds. The molecule has 0 fully saturated rings. The lowest BCUT2D eigenvalue weighted by atomic mass is 10.1. The lowest BCUT2D eigenvalue weighted by Crippen LogP contribution is -2.29. The van der Waals surface area contributed by atoms with Crippen LogP contribution >= 0.6 is 0 Å². The lowest BCUT2D eigenvalue weighted by Gasteiger charge is -2.06. The number of esters is 1. The standard InChI is InChI=1S/C17H19N5O6/c1-25-15(23)14-13(12(9-19-14)7-11-5-4-6-18-8-11)21-16(20-10-28-27-3)22-17(24)26-2/h4-6,8-10,19H,7H2,1-3H3,(H,21,22,24)/b20-10+. The second-order valence-electron chi connectivity index (χ2n) is 5.12. The van der Waals surface area contributed by atoms with Crippen LogP contribution in [0.1, 0.15) is 21.6 Å². The number of pyridine rings is 1. The van der Waals surface area contributed by atoms with E-state index in [1.165, 1.54) is 21.3 Å². The zero-order chi connectivity index (χ0) is 20.4. The number of nitrogens with zero attached hydrogens (tertiary/aromatic N) is 3. The summed E-state index contributed by atoms with van der Waals surface area (Å²) < 4.78 is 9.32. The maximum Gasteiger partial charge on any atom is 0.413 e. The van der Waals surface area contributed by atoms with Crippen molar-refractivity contribution in [3.63, 3.8) is 0 Å². The molecule has 2 rings (SSSR count). The molecule has 28 heavy (non-hydrogen) atoms. The van der Waals surface area contributed by atoms with Gasteiger partial charge < -0.3 is 19.3 Å². The first kappa shape index (κ1) is 20.6. The van der Waals surface area contributed by atoms with Crippen LogP contribution in [0, 0.1) is 0 Å². The molecule has 2 aromatic rings. The molecule has 0 spiro atoms. The van der Waals surface area contributed by atoms with Crippen molar-refractivity contribution < 1.29 is 28.8 Å². The Balaban J connectivity index is 2.47. The van der Waals surface area contributed by atoms with Gasteiger partial charge in [-0.3, -0.25) is 10.3 Å². The molecule has 0 atom stereocenters. The first-order valence-corrected chi connectivity index (χ1v) is 7.92. The highest BCUT2D eigenvalue weighted by Crippen LogP contribution is 2.27. The van der Waals surface area contributed by atoms with Gasteiger partial charge in [-0.15, -0.1) is 0 Å². The van der Waals surface area contributed by atoms with Crippen molar-refractivity contribution in [3.8, 4) is 0 Å². The van der Waals surface area contributed by atoms with Crippen molar-refractivity contribution in [2.24, 2.45) is 9.98 Å². The number of ether oxygens (including phenoxy) is 2. The van der Waals surface area contributed by atoms with Gasteiger partial charge in [-0.05, 0) is 11.6 Å². The molecule has 2 N–H and O–H groups in total. The average molecular weight is 389 g/mol. The van der Waals surface area contributed by atoms with E-state index in [0.29, 0.717) is 12.0 Å². The molecule has 0 aliphatic rings. The van der Waals surface area contributed by atoms with Crippen LogP contribution in [-0.2, 0) is 25.7 Å². The van der Waals surface area contributed by atoms with Gasteiger partial charge >= 0.3 is 12.1 Å². The van der Waals surface area contributed by atoms with E-state index in [4.69, 9.17) is 4.74 Å². The quantitative estimate of drug-likeness (QED) is 0.252. The van der Waals surface area contributed by atoms with Gasteiger partial charge in [0.05, 0.1) is 21.3 Å². The minimum Gasteiger partial charge on any atom is -0.464 e. The van der Waals surface area contributed by atoms with Crippen LogP contribution in [0.3, 0.4) is 0 Å². The average Bonchev–Trinajstić information content (AvgIpc) is 3.10. The first-order valence-electron chi connectivity index (χ1n) is 7.92. The van der Waals surface area contributed by atoms with Crippen LogP contribution in [-0.4, -0.2) is 55.7 Å². The lowest BCUT2D eigenvalue weighted by molar-refractivity contribution is -0.187. The van der Waals surface area contributed by atoms with Crippen LogP contribution in [0.5, 0.6) is 0 Å². The van der Waals surface area contributed by atoms with E-state index in [-0.39, 0.29) is 17.3 Å². The molecule has 0 aliphatic heterocycles. The molecule has 2 heterocycles. The highest BCUT2D eigenvalue weighted by atomic mass is 17.2. The number of alkyl carbamates (subject to hydrolysis) is 1. The van der Waals surface area contributed by atoms with Gasteiger partial charge in [0.15, 0.2) is 5.69 Å². The number of aromatic amines is 1. The number of aliphatic imine (C=N–C) groups is 2. The second kappa shape index (κ2) is 10.4. The van der Waals surface area contributed by atoms with Crippen molar-refractivity contribution in [2.75, 3.05) is 21.3 Å². The monoisotopic (exact) mass is 389 g/mol. The molecule has 0 bridgehead atoms. The minimum absolute atomic E-state index is 0.0911. The van der Waals surface area contributed by atoms with Crippen LogP contribution in [0.2, 0.25) is 0 Å². The van der Waals surface area contributed by atoms with Crippen molar-refractivity contribution in [1.29, 1.82) is 0 Å². The summed E-state index contributed by atoms with van der Waals surface area (Å²) in [6.45, 7) is 0. The number of carbonyl (C=O) groups excluding carboxylic acids is 2. The number of hydrogen-bond donors (Lipinski definition) is 2. The Morgan fingerprint density at radius 2 is 2.11 bits per heavy atom. The van der Waals surface area contributed by atoms with Crippen LogP contribution in [0.25, 0.3) is 0 Å². The molecule has 0 radical (unpaired) electrons. The van der Waals surface area contributed by atoms with E-state index in [1.54, 1.807) is 24.7 Å². The van der Waals surface area contributed by atoms with E-state index in [0.717, 1.165) is 12.0 Å². The van der Waals surface area contributed by atoms with Crippen LogP contribution < -0.4 is 5.32 Å². The molecule has 0 saturated carbocycles. The summed E-state index contributed by atoms with van der Waals surface area (Å²) in [4.78, 5) is 47.6. The SMILES string of the molecule is COO/C=N/C(=Nc1c(Cc2cccnc2)c[nH]c1C(=O)OC)NC(=O)OC. The number of aromatic nitrogens is 2. The number of H-pyrrole nitrogens is 1. The molecule has 2 aromatic heterocycles. The Labute approximate surface area is 160 Å². The summed E-state index contributed by atoms with van der Waals surface area (Å²) in [5.41, 5.74) is 1.87. The van der Waals surface area contributed by atoms with Crippen LogP contribution in [0.15, 0.2) is 40.7 Å². The predicted molar refractivity (Wildman–Crippen MR) is 98.4 cm³/mol. The van der Waals surface area contributed by atoms with Crippen molar-refractivity contribution in [1.82, 2.24) is 15.3 Å². The van der Waals surface area contributed by atoms with E-state index in [1.807, 2.05) is 6.07 Å². The van der Waals surface area contributed by atoms with Gasteiger partial charge in [-0.25, -0.2) is 14.6 Å². The Morgan fingerprint density at radius 3 is 2.75 bits per heavy atom. The van der Waals surface area contributed by atoms with E-state index in [9.17, 15) is 9.59 Å². The highest BCUT2D eigenvalue weighted by molar-refractivity contribution is 6.01. The fourth-order valence-electron chi connectivity index (χ4n) is 2.15. The Hall–Kier alpha value is -3.73. The van der Waals surface area contributed by atoms with E-state index >= 15 is 0 Å². The number of rotatable bonds is 6. The summed E-state index contributed by atoms with van der Waals surface area (Å²) >= 11 is 0. The summed E-state index contributed by atoms with van der Waals surface area (Å²) in [7, 11) is 3.71. The molecule has 0 saturated heterocycles. The second-order valence-corrected chi connectivity index (χ2v) is 5.12. The fraction of sp³-hybridized carbons (Fsp3) is 0.235. The molecular weight excluding hydrogens is 370 g/mol. The van der Waals surface area contributed by atoms with Crippen LogP contribution in [0.4, 0.5) is 10.5 Å². The third kappa shape index (κ3) is 5.64. The third-order valence-corrected chi connectivity index (χ3v) is 3.37.